The van der Waals surface area contributed by atoms with Gasteiger partial charge in [0.2, 0.25) is 0 Å². The number of rotatable bonds is 4. The van der Waals surface area contributed by atoms with E-state index in [1.54, 1.807) is 12.4 Å². The molecule has 3 heterocycles. The smallest absolute Gasteiger partial charge is 0.252 e. The van der Waals surface area contributed by atoms with Crippen LogP contribution in [0.3, 0.4) is 0 Å². The van der Waals surface area contributed by atoms with E-state index in [1.165, 1.54) is 12.1 Å². The molecule has 29 heavy (non-hydrogen) atoms. The van der Waals surface area contributed by atoms with Crippen molar-refractivity contribution in [3.05, 3.63) is 83.4 Å². The first-order valence-electron chi connectivity index (χ1n) is 9.54. The van der Waals surface area contributed by atoms with Gasteiger partial charge in [0.25, 0.3) is 5.91 Å². The molecule has 5 nitrogen and oxygen atoms in total. The summed E-state index contributed by atoms with van der Waals surface area (Å²) in [6, 6.07) is 14.9. The zero-order valence-corrected chi connectivity index (χ0v) is 15.6. The molecule has 3 N–H and O–H groups in total. The van der Waals surface area contributed by atoms with E-state index in [0.717, 1.165) is 33.5 Å². The Morgan fingerprint density at radius 2 is 2.00 bits per heavy atom. The molecule has 0 saturated heterocycles. The summed E-state index contributed by atoms with van der Waals surface area (Å²) < 4.78 is 14.0. The Morgan fingerprint density at radius 3 is 2.79 bits per heavy atom. The second kappa shape index (κ2) is 7.05. The fourth-order valence-corrected chi connectivity index (χ4v) is 3.90. The molecule has 0 radical (unpaired) electrons. The van der Waals surface area contributed by atoms with Crippen molar-refractivity contribution in [1.29, 1.82) is 0 Å². The Bertz CT molecular complexity index is 1200. The Labute approximate surface area is 167 Å². The van der Waals surface area contributed by atoms with Crippen LogP contribution in [0.4, 0.5) is 10.1 Å². The van der Waals surface area contributed by atoms with Crippen molar-refractivity contribution in [2.24, 2.45) is 0 Å². The number of aromatic nitrogens is 2. The van der Waals surface area contributed by atoms with Gasteiger partial charge in [-0.25, -0.2) is 4.39 Å². The van der Waals surface area contributed by atoms with Crippen LogP contribution in [0, 0.1) is 5.82 Å². The van der Waals surface area contributed by atoms with Gasteiger partial charge in [-0.05, 0) is 47.4 Å². The summed E-state index contributed by atoms with van der Waals surface area (Å²) in [5, 5.41) is 7.01. The predicted molar refractivity (Wildman–Crippen MR) is 111 cm³/mol. The lowest BCUT2D eigenvalue weighted by atomic mass is 9.99. The van der Waals surface area contributed by atoms with E-state index >= 15 is 0 Å². The van der Waals surface area contributed by atoms with Crippen LogP contribution in [0.2, 0.25) is 0 Å². The topological polar surface area (TPSA) is 69.8 Å². The van der Waals surface area contributed by atoms with Gasteiger partial charge in [-0.2, -0.15) is 0 Å². The summed E-state index contributed by atoms with van der Waals surface area (Å²) in [5.41, 5.74) is 6.17. The number of benzene rings is 2. The zero-order valence-electron chi connectivity index (χ0n) is 15.6. The van der Waals surface area contributed by atoms with Crippen LogP contribution in [0.25, 0.3) is 22.2 Å². The number of H-pyrrole nitrogens is 1. The molecule has 2 aromatic heterocycles. The molecule has 0 aliphatic carbocycles. The summed E-state index contributed by atoms with van der Waals surface area (Å²) >= 11 is 0. The second-order valence-electron chi connectivity index (χ2n) is 7.15. The van der Waals surface area contributed by atoms with Gasteiger partial charge in [0, 0.05) is 42.1 Å². The van der Waals surface area contributed by atoms with E-state index < -0.39 is 5.82 Å². The first-order valence-corrected chi connectivity index (χ1v) is 9.54. The molecule has 6 heteroatoms. The van der Waals surface area contributed by atoms with Crippen LogP contribution in [-0.4, -0.2) is 22.4 Å². The number of carbonyl (C=O) groups excluding carboxylic acids is 1. The van der Waals surface area contributed by atoms with Crippen LogP contribution in [0.15, 0.2) is 60.9 Å². The van der Waals surface area contributed by atoms with E-state index in [2.05, 4.69) is 44.9 Å². The lowest BCUT2D eigenvalue weighted by molar-refractivity contribution is 0.0957. The maximum Gasteiger partial charge on any atom is 0.252 e. The van der Waals surface area contributed by atoms with Crippen molar-refractivity contribution >= 4 is 22.5 Å². The van der Waals surface area contributed by atoms with Crippen molar-refractivity contribution in [3.63, 3.8) is 0 Å². The summed E-state index contributed by atoms with van der Waals surface area (Å²) in [6.07, 6.45) is 4.23. The van der Waals surface area contributed by atoms with Crippen LogP contribution in [0.1, 0.15) is 21.5 Å². The van der Waals surface area contributed by atoms with Gasteiger partial charge in [0.15, 0.2) is 0 Å². The van der Waals surface area contributed by atoms with Crippen molar-refractivity contribution in [2.45, 2.75) is 13.0 Å². The van der Waals surface area contributed by atoms with E-state index in [4.69, 9.17) is 0 Å². The third-order valence-corrected chi connectivity index (χ3v) is 5.27. The summed E-state index contributed by atoms with van der Waals surface area (Å²) in [5.74, 6) is -0.642. The molecule has 0 unspecified atom stereocenters. The molecule has 1 aliphatic heterocycles. The lowest BCUT2D eigenvalue weighted by Crippen LogP contribution is -2.23. The van der Waals surface area contributed by atoms with E-state index in [0.29, 0.717) is 30.6 Å². The average molecular weight is 386 g/mol. The van der Waals surface area contributed by atoms with Crippen LogP contribution in [-0.2, 0) is 13.0 Å². The number of halogens is 1. The minimum atomic E-state index is -0.416. The predicted octanol–water partition coefficient (Wildman–Crippen LogP) is 4.27. The zero-order chi connectivity index (χ0) is 19.8. The number of hydrogen-bond donors (Lipinski definition) is 3. The van der Waals surface area contributed by atoms with Gasteiger partial charge in [-0.3, -0.25) is 9.78 Å². The minimum absolute atomic E-state index is 0.226. The molecule has 144 valence electrons. The largest absolute Gasteiger partial charge is 0.380 e. The van der Waals surface area contributed by atoms with Gasteiger partial charge in [0.05, 0.1) is 11.3 Å². The molecular weight excluding hydrogens is 367 g/mol. The maximum atomic E-state index is 14.0. The lowest BCUT2D eigenvalue weighted by Gasteiger charge is -2.08. The fraction of sp³-hybridized carbons (Fsp3) is 0.130. The number of nitrogens with zero attached hydrogens (tertiary/aromatic N) is 1. The van der Waals surface area contributed by atoms with Gasteiger partial charge >= 0.3 is 0 Å². The van der Waals surface area contributed by atoms with Crippen LogP contribution < -0.4 is 10.6 Å². The van der Waals surface area contributed by atoms with Crippen molar-refractivity contribution in [3.8, 4) is 11.3 Å². The molecule has 4 aromatic rings. The van der Waals surface area contributed by atoms with Gasteiger partial charge < -0.3 is 15.6 Å². The monoisotopic (exact) mass is 386 g/mol. The molecule has 2 aromatic carbocycles. The number of carbonyl (C=O) groups is 1. The molecule has 1 amide bonds. The Morgan fingerprint density at radius 1 is 1.14 bits per heavy atom. The minimum Gasteiger partial charge on any atom is -0.380 e. The van der Waals surface area contributed by atoms with E-state index in [-0.39, 0.29) is 5.91 Å². The summed E-state index contributed by atoms with van der Waals surface area (Å²) in [4.78, 5) is 19.8. The number of pyridine rings is 1. The molecule has 0 bridgehead atoms. The Balaban J connectivity index is 1.48. The summed E-state index contributed by atoms with van der Waals surface area (Å²) in [6.45, 7) is 1.22. The highest BCUT2D eigenvalue weighted by molar-refractivity contribution is 6.10. The van der Waals surface area contributed by atoms with Crippen molar-refractivity contribution in [2.75, 3.05) is 11.9 Å². The van der Waals surface area contributed by atoms with Gasteiger partial charge in [0.1, 0.15) is 5.82 Å². The number of anilines is 1. The molecular formula is C23H19FN4O. The number of aromatic amines is 1. The molecule has 0 spiro atoms. The Kier molecular flexibility index (Phi) is 4.24. The van der Waals surface area contributed by atoms with Crippen molar-refractivity contribution < 1.29 is 9.18 Å². The Hall–Kier alpha value is -3.67. The molecule has 0 fully saturated rings. The van der Waals surface area contributed by atoms with Gasteiger partial charge in [-0.1, -0.05) is 24.3 Å². The number of nitrogens with one attached hydrogen (secondary N) is 3. The highest BCUT2D eigenvalue weighted by Gasteiger charge is 2.23. The van der Waals surface area contributed by atoms with E-state index in [9.17, 15) is 9.18 Å². The third kappa shape index (κ3) is 3.23. The first-order chi connectivity index (χ1) is 14.2. The highest BCUT2D eigenvalue weighted by Crippen LogP contribution is 2.34. The first kappa shape index (κ1) is 17.4. The second-order valence-corrected chi connectivity index (χ2v) is 7.15. The molecule has 0 atom stereocenters. The van der Waals surface area contributed by atoms with E-state index in [1.807, 2.05) is 12.1 Å². The SMILES string of the molecule is O=C1NCCc2c(-c3ccc(CNc4cccnc4)cc3)[nH]c3cc(F)cc1c23. The number of hydrogen-bond acceptors (Lipinski definition) is 3. The molecule has 5 rings (SSSR count). The third-order valence-electron chi connectivity index (χ3n) is 5.27. The van der Waals surface area contributed by atoms with Crippen LogP contribution in [0.5, 0.6) is 0 Å². The van der Waals surface area contributed by atoms with Crippen LogP contribution >= 0.6 is 0 Å². The average Bonchev–Trinajstić information content (AvgIpc) is 3.02. The van der Waals surface area contributed by atoms with Crippen molar-refractivity contribution in [1.82, 2.24) is 15.3 Å². The highest BCUT2D eigenvalue weighted by atomic mass is 19.1. The summed E-state index contributed by atoms with van der Waals surface area (Å²) in [7, 11) is 0. The number of amides is 1. The fourth-order valence-electron chi connectivity index (χ4n) is 3.90. The maximum absolute atomic E-state index is 14.0. The molecule has 0 saturated carbocycles. The quantitative estimate of drug-likeness (QED) is 0.491. The molecule has 1 aliphatic rings. The normalized spacial score (nSPS) is 13.2. The standard InChI is InChI=1S/C23H19FN4O/c24-16-10-19-21-18(7-9-26-23(19)29)22(28-20(21)11-16)15-5-3-14(4-6-15)12-27-17-2-1-8-25-13-17/h1-6,8,10-11,13,27-28H,7,9,12H2,(H,26,29). The van der Waals surface area contributed by atoms with Gasteiger partial charge in [-0.15, -0.1) is 0 Å².